The lowest BCUT2D eigenvalue weighted by atomic mass is 10.2. The van der Waals surface area contributed by atoms with E-state index < -0.39 is 23.3 Å². The van der Waals surface area contributed by atoms with E-state index in [2.05, 4.69) is 0 Å². The normalized spacial score (nSPS) is 11.1. The smallest absolute Gasteiger partial charge is 0.372 e. The van der Waals surface area contributed by atoms with Gasteiger partial charge in [-0.3, -0.25) is 14.4 Å². The summed E-state index contributed by atoms with van der Waals surface area (Å²) in [5, 5.41) is 8.37. The highest BCUT2D eigenvalue weighted by molar-refractivity contribution is 6.32. The predicted octanol–water partition coefficient (Wildman–Crippen LogP) is 0.745. The van der Waals surface area contributed by atoms with Crippen LogP contribution in [0.4, 0.5) is 0 Å². The lowest BCUT2D eigenvalue weighted by molar-refractivity contribution is -0.156. The first-order valence-corrected chi connectivity index (χ1v) is 8.98. The molecule has 0 unspecified atom stereocenters. The van der Waals surface area contributed by atoms with Gasteiger partial charge in [-0.1, -0.05) is 0 Å². The predicted molar refractivity (Wildman–Crippen MR) is 95.8 cm³/mol. The third-order valence-electron chi connectivity index (χ3n) is 2.90. The van der Waals surface area contributed by atoms with Crippen LogP contribution < -0.4 is 0 Å². The second-order valence-corrected chi connectivity index (χ2v) is 6.62. The van der Waals surface area contributed by atoms with Crippen molar-refractivity contribution in [2.45, 2.75) is 45.6 Å². The Labute approximate surface area is 164 Å². The van der Waals surface area contributed by atoms with E-state index >= 15 is 0 Å². The Bertz CT molecular complexity index is 495. The maximum atomic E-state index is 11.4. The monoisotopic (exact) mass is 406 g/mol. The number of carboxylic acids is 1. The van der Waals surface area contributed by atoms with Crippen LogP contribution in [0.5, 0.6) is 0 Å². The van der Waals surface area contributed by atoms with E-state index in [0.29, 0.717) is 26.4 Å². The van der Waals surface area contributed by atoms with Gasteiger partial charge in [-0.2, -0.15) is 0 Å². The summed E-state index contributed by atoms with van der Waals surface area (Å²) in [5.41, 5.74) is -0.502. The van der Waals surface area contributed by atoms with E-state index in [4.69, 9.17) is 28.8 Å². The van der Waals surface area contributed by atoms with Crippen molar-refractivity contribution in [2.75, 3.05) is 46.2 Å². The third-order valence-corrected chi connectivity index (χ3v) is 2.90. The molecule has 0 aromatic heterocycles. The number of carbonyl (C=O) groups is 4. The molecule has 0 amide bonds. The second-order valence-electron chi connectivity index (χ2n) is 6.62. The van der Waals surface area contributed by atoms with E-state index in [9.17, 15) is 19.2 Å². The molecule has 0 aliphatic carbocycles. The van der Waals surface area contributed by atoms with Crippen LogP contribution >= 0.6 is 0 Å². The zero-order valence-electron chi connectivity index (χ0n) is 16.7. The highest BCUT2D eigenvalue weighted by Gasteiger charge is 2.16. The molecule has 1 N–H and O–H groups in total. The van der Waals surface area contributed by atoms with Gasteiger partial charge in [-0.25, -0.2) is 4.79 Å². The van der Waals surface area contributed by atoms with E-state index in [1.165, 1.54) is 0 Å². The summed E-state index contributed by atoms with van der Waals surface area (Å²) in [6, 6.07) is 0. The molecule has 0 fully saturated rings. The van der Waals surface area contributed by atoms with Gasteiger partial charge >= 0.3 is 17.9 Å². The maximum absolute atomic E-state index is 11.4. The van der Waals surface area contributed by atoms with Crippen molar-refractivity contribution in [3.05, 3.63) is 0 Å². The number of aliphatic carboxylic acids is 1. The van der Waals surface area contributed by atoms with Gasteiger partial charge in [-0.05, 0) is 20.8 Å². The summed E-state index contributed by atoms with van der Waals surface area (Å²) in [6.45, 7) is 7.16. The Morgan fingerprint density at radius 3 is 1.68 bits per heavy atom. The van der Waals surface area contributed by atoms with Crippen LogP contribution in [0.15, 0.2) is 0 Å². The van der Waals surface area contributed by atoms with Gasteiger partial charge in [0.05, 0.1) is 52.5 Å². The largest absolute Gasteiger partial charge is 0.476 e. The molecule has 0 heterocycles. The highest BCUT2D eigenvalue weighted by Crippen LogP contribution is 2.08. The molecule has 0 saturated heterocycles. The van der Waals surface area contributed by atoms with Gasteiger partial charge in [0.1, 0.15) is 12.2 Å². The minimum Gasteiger partial charge on any atom is -0.476 e. The number of carbonyl (C=O) groups excluding carboxylic acids is 3. The first-order valence-electron chi connectivity index (χ1n) is 8.98. The lowest BCUT2D eigenvalue weighted by Crippen LogP contribution is -2.24. The van der Waals surface area contributed by atoms with Crippen molar-refractivity contribution in [3.63, 3.8) is 0 Å². The van der Waals surface area contributed by atoms with Gasteiger partial charge in [0, 0.05) is 6.42 Å². The summed E-state index contributed by atoms with van der Waals surface area (Å²) in [5.74, 6) is -3.56. The number of Topliss-reactive ketones (excluding diaryl/α,β-unsaturated/α-hetero) is 1. The molecule has 0 radical (unpaired) electrons. The molecule has 0 aromatic rings. The van der Waals surface area contributed by atoms with Crippen molar-refractivity contribution in [1.82, 2.24) is 0 Å². The number of hydrogen-bond donors (Lipinski definition) is 1. The standard InChI is InChI=1S/C18H30O10/c1-18(2,3)28-16(21)6-7-24-8-9-25-10-11-26-12-13-27-15(20)5-4-14(19)17(22)23/h4-13H2,1-3H3,(H,22,23). The van der Waals surface area contributed by atoms with Gasteiger partial charge in [0.2, 0.25) is 5.78 Å². The molecule has 0 atom stereocenters. The fourth-order valence-electron chi connectivity index (χ4n) is 1.70. The molecule has 10 heteroatoms. The van der Waals surface area contributed by atoms with Crippen LogP contribution in [0.2, 0.25) is 0 Å². The number of carboxylic acid groups (broad SMARTS) is 1. The minimum absolute atomic E-state index is 0.00781. The molecule has 0 saturated carbocycles. The zero-order valence-corrected chi connectivity index (χ0v) is 16.7. The van der Waals surface area contributed by atoms with Crippen LogP contribution in [-0.2, 0) is 42.9 Å². The van der Waals surface area contributed by atoms with E-state index in [1.807, 2.05) is 0 Å². The Balaban J connectivity index is 3.36. The van der Waals surface area contributed by atoms with Crippen molar-refractivity contribution >= 4 is 23.7 Å². The van der Waals surface area contributed by atoms with Crippen molar-refractivity contribution < 1.29 is 48.0 Å². The van der Waals surface area contributed by atoms with Gasteiger partial charge in [0.25, 0.3) is 0 Å². The molecular formula is C18H30O10. The van der Waals surface area contributed by atoms with Crippen LogP contribution in [0.25, 0.3) is 0 Å². The Morgan fingerprint density at radius 1 is 0.679 bits per heavy atom. The topological polar surface area (TPSA) is 135 Å². The minimum atomic E-state index is -1.57. The quantitative estimate of drug-likeness (QED) is 0.222. The molecule has 10 nitrogen and oxygen atoms in total. The van der Waals surface area contributed by atoms with Crippen molar-refractivity contribution in [3.8, 4) is 0 Å². The zero-order chi connectivity index (χ0) is 21.4. The highest BCUT2D eigenvalue weighted by atomic mass is 16.6. The van der Waals surface area contributed by atoms with Crippen LogP contribution in [-0.4, -0.2) is 80.6 Å². The molecule has 0 rings (SSSR count). The average Bonchev–Trinajstić information content (AvgIpc) is 2.58. The first kappa shape index (κ1) is 26.0. The summed E-state index contributed by atoms with van der Waals surface area (Å²) in [6.07, 6.45) is -0.478. The molecular weight excluding hydrogens is 376 g/mol. The summed E-state index contributed by atoms with van der Waals surface area (Å²) in [4.78, 5) is 43.8. The number of ether oxygens (including phenoxy) is 5. The van der Waals surface area contributed by atoms with Crippen LogP contribution in [0.3, 0.4) is 0 Å². The lowest BCUT2D eigenvalue weighted by Gasteiger charge is -2.19. The Kier molecular flexibility index (Phi) is 13.9. The van der Waals surface area contributed by atoms with Gasteiger partial charge in [-0.15, -0.1) is 0 Å². The van der Waals surface area contributed by atoms with Gasteiger partial charge in [0.15, 0.2) is 0 Å². The van der Waals surface area contributed by atoms with Crippen LogP contribution in [0.1, 0.15) is 40.0 Å². The summed E-state index contributed by atoms with van der Waals surface area (Å²) in [7, 11) is 0. The number of hydrogen-bond acceptors (Lipinski definition) is 9. The number of esters is 2. The first-order chi connectivity index (χ1) is 13.1. The van der Waals surface area contributed by atoms with E-state index in [1.54, 1.807) is 20.8 Å². The van der Waals surface area contributed by atoms with Crippen molar-refractivity contribution in [2.24, 2.45) is 0 Å². The maximum Gasteiger partial charge on any atom is 0.372 e. The van der Waals surface area contributed by atoms with Crippen LogP contribution in [0, 0.1) is 0 Å². The second kappa shape index (κ2) is 14.9. The summed E-state index contributed by atoms with van der Waals surface area (Å²) >= 11 is 0. The Hall–Kier alpha value is -2.04. The SMILES string of the molecule is CC(C)(C)OC(=O)CCOCCOCCOCCOC(=O)CCC(=O)C(=O)O. The molecule has 0 bridgehead atoms. The van der Waals surface area contributed by atoms with Gasteiger partial charge < -0.3 is 28.8 Å². The van der Waals surface area contributed by atoms with E-state index in [-0.39, 0.29) is 45.1 Å². The summed E-state index contributed by atoms with van der Waals surface area (Å²) < 4.78 is 25.6. The molecule has 162 valence electrons. The molecule has 0 aliphatic rings. The fraction of sp³-hybridized carbons (Fsp3) is 0.778. The molecule has 28 heavy (non-hydrogen) atoms. The molecule has 0 aromatic carbocycles. The number of rotatable bonds is 16. The van der Waals surface area contributed by atoms with Crippen molar-refractivity contribution in [1.29, 1.82) is 0 Å². The molecule has 0 aliphatic heterocycles. The number of ketones is 1. The average molecular weight is 406 g/mol. The molecule has 0 spiro atoms. The van der Waals surface area contributed by atoms with E-state index in [0.717, 1.165) is 0 Å². The third kappa shape index (κ3) is 17.4. The fourth-order valence-corrected chi connectivity index (χ4v) is 1.70. The Morgan fingerprint density at radius 2 is 1.18 bits per heavy atom.